The van der Waals surface area contributed by atoms with E-state index < -0.39 is 11.8 Å². The number of aromatic nitrogens is 1. The Morgan fingerprint density at radius 2 is 2.36 bits per heavy atom. The molecule has 1 aromatic rings. The van der Waals surface area contributed by atoms with Crippen molar-refractivity contribution in [2.75, 3.05) is 25.0 Å². The molecule has 0 aromatic carbocycles. The third kappa shape index (κ3) is 6.17. The highest BCUT2D eigenvalue weighted by atomic mass is 35.5. The number of nitrogens with zero attached hydrogens (tertiary/aromatic N) is 1. The Balaban J connectivity index is 0.00000220. The second-order valence-corrected chi connectivity index (χ2v) is 4.52. The van der Waals surface area contributed by atoms with Crippen LogP contribution in [0.1, 0.15) is 18.9 Å². The van der Waals surface area contributed by atoms with Crippen LogP contribution in [0.4, 0.5) is 10.2 Å². The van der Waals surface area contributed by atoms with E-state index in [0.29, 0.717) is 12.2 Å². The van der Waals surface area contributed by atoms with E-state index in [9.17, 15) is 9.18 Å². The zero-order valence-electron chi connectivity index (χ0n) is 12.2. The van der Waals surface area contributed by atoms with Gasteiger partial charge in [0.25, 0.3) is 0 Å². The molecule has 0 aliphatic carbocycles. The Morgan fingerprint density at radius 1 is 1.59 bits per heavy atom. The number of ether oxygens (including phenoxy) is 1. The summed E-state index contributed by atoms with van der Waals surface area (Å²) in [4.78, 5) is 15.2. The summed E-state index contributed by atoms with van der Waals surface area (Å²) in [5.74, 6) is -0.637. The maximum absolute atomic E-state index is 13.9. The molecule has 22 heavy (non-hydrogen) atoms. The van der Waals surface area contributed by atoms with Crippen LogP contribution < -0.4 is 10.6 Å². The molecule has 2 N–H and O–H groups in total. The number of rotatable bonds is 5. The molecular formula is C14H20Cl2FN3O2. The van der Waals surface area contributed by atoms with Crippen LogP contribution in [0.15, 0.2) is 18.3 Å². The topological polar surface area (TPSA) is 63.2 Å². The summed E-state index contributed by atoms with van der Waals surface area (Å²) in [5.41, 5.74) is 0.519. The quantitative estimate of drug-likeness (QED) is 0.630. The van der Waals surface area contributed by atoms with Gasteiger partial charge in [-0.05, 0) is 37.6 Å². The monoisotopic (exact) mass is 351 g/mol. The van der Waals surface area contributed by atoms with E-state index in [0.717, 1.165) is 19.5 Å². The summed E-state index contributed by atoms with van der Waals surface area (Å²) in [5, 5.41) is 6.25. The third-order valence-electron chi connectivity index (χ3n) is 2.96. The average Bonchev–Trinajstić information content (AvgIpc) is 2.92. The van der Waals surface area contributed by atoms with Crippen molar-refractivity contribution in [3.63, 3.8) is 0 Å². The molecule has 124 valence electrons. The predicted octanol–water partition coefficient (Wildman–Crippen LogP) is 2.41. The zero-order chi connectivity index (χ0) is 14.4. The van der Waals surface area contributed by atoms with E-state index in [2.05, 4.69) is 15.6 Å². The van der Waals surface area contributed by atoms with Crippen LogP contribution in [0.3, 0.4) is 0 Å². The first-order valence-electron chi connectivity index (χ1n) is 6.66. The molecule has 0 unspecified atom stereocenters. The lowest BCUT2D eigenvalue weighted by Gasteiger charge is -2.12. The first-order chi connectivity index (χ1) is 9.69. The van der Waals surface area contributed by atoms with Crippen LogP contribution in [0.2, 0.25) is 0 Å². The SMILES string of the molecule is CCOC(=O)/C=C/c1cnc(N[C@@H]2CCNC2)c(F)c1.Cl.Cl. The van der Waals surface area contributed by atoms with Crippen molar-refractivity contribution in [3.05, 3.63) is 29.7 Å². The lowest BCUT2D eigenvalue weighted by molar-refractivity contribution is -0.137. The maximum atomic E-state index is 13.9. The molecule has 5 nitrogen and oxygen atoms in total. The van der Waals surface area contributed by atoms with E-state index in [4.69, 9.17) is 4.74 Å². The maximum Gasteiger partial charge on any atom is 0.330 e. The summed E-state index contributed by atoms with van der Waals surface area (Å²) in [7, 11) is 0. The van der Waals surface area contributed by atoms with Gasteiger partial charge in [-0.15, -0.1) is 24.8 Å². The van der Waals surface area contributed by atoms with Crippen molar-refractivity contribution in [1.82, 2.24) is 10.3 Å². The summed E-state index contributed by atoms with van der Waals surface area (Å²) in [6.45, 7) is 3.78. The number of nitrogens with one attached hydrogen (secondary N) is 2. The first-order valence-corrected chi connectivity index (χ1v) is 6.66. The zero-order valence-corrected chi connectivity index (χ0v) is 13.8. The van der Waals surface area contributed by atoms with Gasteiger partial charge in [0.05, 0.1) is 6.61 Å². The number of anilines is 1. The second-order valence-electron chi connectivity index (χ2n) is 4.52. The fraction of sp³-hybridized carbons (Fsp3) is 0.429. The average molecular weight is 352 g/mol. The van der Waals surface area contributed by atoms with Gasteiger partial charge >= 0.3 is 5.97 Å². The van der Waals surface area contributed by atoms with E-state index in [1.54, 1.807) is 6.92 Å². The Labute approximate surface area is 141 Å². The van der Waals surface area contributed by atoms with Crippen molar-refractivity contribution in [3.8, 4) is 0 Å². The van der Waals surface area contributed by atoms with Gasteiger partial charge in [-0.1, -0.05) is 0 Å². The smallest absolute Gasteiger partial charge is 0.330 e. The van der Waals surface area contributed by atoms with Crippen molar-refractivity contribution in [1.29, 1.82) is 0 Å². The molecule has 0 spiro atoms. The number of hydrogen-bond donors (Lipinski definition) is 2. The Bertz CT molecular complexity index is 509. The molecule has 1 aliphatic rings. The third-order valence-corrected chi connectivity index (χ3v) is 2.96. The molecule has 1 atom stereocenters. The normalized spacial score (nSPS) is 16.7. The predicted molar refractivity (Wildman–Crippen MR) is 89.3 cm³/mol. The fourth-order valence-electron chi connectivity index (χ4n) is 1.98. The Morgan fingerprint density at radius 3 is 2.95 bits per heavy atom. The van der Waals surface area contributed by atoms with Crippen LogP contribution in [0, 0.1) is 5.82 Å². The van der Waals surface area contributed by atoms with Gasteiger partial charge in [-0.25, -0.2) is 14.2 Å². The minimum atomic E-state index is -0.452. The molecule has 0 amide bonds. The van der Waals surface area contributed by atoms with Crippen LogP contribution in [-0.4, -0.2) is 36.7 Å². The molecule has 1 fully saturated rings. The minimum Gasteiger partial charge on any atom is -0.463 e. The molecule has 0 bridgehead atoms. The van der Waals surface area contributed by atoms with Crippen molar-refractivity contribution < 1.29 is 13.9 Å². The summed E-state index contributed by atoms with van der Waals surface area (Å²) in [6.07, 6.45) is 5.21. The highest BCUT2D eigenvalue weighted by molar-refractivity contribution is 5.87. The van der Waals surface area contributed by atoms with E-state index in [1.807, 2.05) is 0 Å². The van der Waals surface area contributed by atoms with E-state index >= 15 is 0 Å². The van der Waals surface area contributed by atoms with Gasteiger partial charge in [0.15, 0.2) is 11.6 Å². The lowest BCUT2D eigenvalue weighted by Crippen LogP contribution is -2.23. The Hall–Kier alpha value is -1.37. The number of esters is 1. The number of carbonyl (C=O) groups is 1. The van der Waals surface area contributed by atoms with E-state index in [1.165, 1.54) is 24.4 Å². The number of hydrogen-bond acceptors (Lipinski definition) is 5. The number of pyridine rings is 1. The highest BCUT2D eigenvalue weighted by Crippen LogP contribution is 2.15. The van der Waals surface area contributed by atoms with Crippen LogP contribution in [-0.2, 0) is 9.53 Å². The number of halogens is 3. The molecule has 1 saturated heterocycles. The van der Waals surface area contributed by atoms with Gasteiger partial charge in [-0.2, -0.15) is 0 Å². The summed E-state index contributed by atoms with van der Waals surface area (Å²) >= 11 is 0. The van der Waals surface area contributed by atoms with E-state index in [-0.39, 0.29) is 36.7 Å². The van der Waals surface area contributed by atoms with Crippen LogP contribution in [0.5, 0.6) is 0 Å². The van der Waals surface area contributed by atoms with Crippen molar-refractivity contribution >= 4 is 42.7 Å². The van der Waals surface area contributed by atoms with Gasteiger partial charge in [0.2, 0.25) is 0 Å². The first kappa shape index (κ1) is 20.6. The fourth-order valence-corrected chi connectivity index (χ4v) is 1.98. The lowest BCUT2D eigenvalue weighted by atomic mass is 10.2. The molecule has 0 radical (unpaired) electrons. The molecule has 0 saturated carbocycles. The largest absolute Gasteiger partial charge is 0.463 e. The standard InChI is InChI=1S/C14H18FN3O2.2ClH/c1-2-20-13(19)4-3-10-7-12(15)14(17-8-10)18-11-5-6-16-9-11;;/h3-4,7-8,11,16H,2,5-6,9H2,1H3,(H,17,18);2*1H/b4-3+;;/t11-;;/m1../s1. The molecule has 1 aliphatic heterocycles. The van der Waals surface area contributed by atoms with Gasteiger partial charge in [0, 0.05) is 24.9 Å². The molecule has 2 heterocycles. The summed E-state index contributed by atoms with van der Waals surface area (Å²) in [6, 6.07) is 1.55. The van der Waals surface area contributed by atoms with Crippen LogP contribution in [0.25, 0.3) is 6.08 Å². The van der Waals surface area contributed by atoms with Gasteiger partial charge < -0.3 is 15.4 Å². The van der Waals surface area contributed by atoms with Gasteiger partial charge in [0.1, 0.15) is 0 Å². The van der Waals surface area contributed by atoms with Gasteiger partial charge in [-0.3, -0.25) is 0 Å². The minimum absolute atomic E-state index is 0. The van der Waals surface area contributed by atoms with Crippen molar-refractivity contribution in [2.45, 2.75) is 19.4 Å². The molecule has 1 aromatic heterocycles. The number of carbonyl (C=O) groups excluding carboxylic acids is 1. The molecular weight excluding hydrogens is 332 g/mol. The van der Waals surface area contributed by atoms with Crippen molar-refractivity contribution in [2.24, 2.45) is 0 Å². The summed E-state index contributed by atoms with van der Waals surface area (Å²) < 4.78 is 18.6. The van der Waals surface area contributed by atoms with Crippen LogP contribution >= 0.6 is 24.8 Å². The highest BCUT2D eigenvalue weighted by Gasteiger charge is 2.16. The second kappa shape index (κ2) is 10.4. The molecule has 2 rings (SSSR count). The Kier molecular flexibility index (Phi) is 9.73. The molecule has 8 heteroatoms.